The fraction of sp³-hybridized carbons (Fsp3) is 0.600. The number of rotatable bonds is 22. The van der Waals surface area contributed by atoms with Crippen molar-refractivity contribution >= 4 is 35.6 Å². The minimum Gasteiger partial charge on any atom is -0.357 e. The monoisotopic (exact) mass is 744 g/mol. The Morgan fingerprint density at radius 1 is 1.00 bits per heavy atom. The van der Waals surface area contributed by atoms with Crippen LogP contribution in [-0.2, 0) is 34.0 Å². The molecule has 0 spiro atoms. The van der Waals surface area contributed by atoms with Crippen LogP contribution in [0.2, 0.25) is 0 Å². The van der Waals surface area contributed by atoms with E-state index in [0.717, 1.165) is 68.9 Å². The van der Waals surface area contributed by atoms with Crippen molar-refractivity contribution in [1.82, 2.24) is 40.7 Å². The molecular formula is C40H60N10O4. The summed E-state index contributed by atoms with van der Waals surface area (Å²) in [5, 5.41) is 17.3. The van der Waals surface area contributed by atoms with Gasteiger partial charge in [-0.25, -0.2) is 9.97 Å². The minimum atomic E-state index is -0.459. The number of carbonyl (C=O) groups is 4. The van der Waals surface area contributed by atoms with Crippen molar-refractivity contribution in [3.05, 3.63) is 47.4 Å². The Labute approximate surface area is 320 Å². The van der Waals surface area contributed by atoms with E-state index >= 15 is 0 Å². The van der Waals surface area contributed by atoms with Crippen molar-refractivity contribution in [2.45, 2.75) is 131 Å². The zero-order valence-electron chi connectivity index (χ0n) is 33.3. The normalized spacial score (nSPS) is 13.3. The number of amides is 3. The molecule has 0 aromatic carbocycles. The molecule has 4 rings (SSSR count). The van der Waals surface area contributed by atoms with E-state index in [1.54, 1.807) is 11.2 Å². The number of pyridine rings is 2. The molecule has 294 valence electrons. The van der Waals surface area contributed by atoms with Crippen molar-refractivity contribution in [2.75, 3.05) is 29.9 Å². The molecule has 0 unspecified atom stereocenters. The summed E-state index contributed by atoms with van der Waals surface area (Å²) in [7, 11) is 1.96. The second kappa shape index (κ2) is 20.1. The minimum absolute atomic E-state index is 0.0579. The van der Waals surface area contributed by atoms with Crippen LogP contribution in [0.15, 0.2) is 30.6 Å². The highest BCUT2D eigenvalue weighted by Gasteiger charge is 2.33. The van der Waals surface area contributed by atoms with Crippen molar-refractivity contribution in [1.29, 1.82) is 0 Å². The van der Waals surface area contributed by atoms with Gasteiger partial charge < -0.3 is 30.2 Å². The van der Waals surface area contributed by atoms with E-state index in [0.29, 0.717) is 61.3 Å². The van der Waals surface area contributed by atoms with E-state index in [9.17, 15) is 19.2 Å². The van der Waals surface area contributed by atoms with Crippen LogP contribution in [0.3, 0.4) is 0 Å². The molecule has 1 aliphatic rings. The van der Waals surface area contributed by atoms with Crippen LogP contribution in [0, 0.1) is 5.41 Å². The maximum absolute atomic E-state index is 13.9. The van der Waals surface area contributed by atoms with E-state index in [-0.39, 0.29) is 35.7 Å². The van der Waals surface area contributed by atoms with Gasteiger partial charge >= 0.3 is 0 Å². The predicted octanol–water partition coefficient (Wildman–Crippen LogP) is 5.21. The maximum Gasteiger partial charge on any atom is 0.260 e. The fourth-order valence-corrected chi connectivity index (χ4v) is 6.27. The molecule has 0 radical (unpaired) electrons. The lowest BCUT2D eigenvalue weighted by Gasteiger charge is -2.26. The molecule has 1 atom stereocenters. The lowest BCUT2D eigenvalue weighted by molar-refractivity contribution is -0.125. The Hall–Kier alpha value is -4.72. The van der Waals surface area contributed by atoms with Gasteiger partial charge in [0.25, 0.3) is 5.91 Å². The maximum atomic E-state index is 13.9. The molecule has 3 N–H and O–H groups in total. The topological polar surface area (TPSA) is 167 Å². The molecular weight excluding hydrogens is 685 g/mol. The second-order valence-corrected chi connectivity index (χ2v) is 15.5. The first-order valence-electron chi connectivity index (χ1n) is 19.5. The number of aromatic nitrogens is 5. The Balaban J connectivity index is 1.19. The summed E-state index contributed by atoms with van der Waals surface area (Å²) >= 11 is 0. The Morgan fingerprint density at radius 3 is 2.37 bits per heavy atom. The first-order chi connectivity index (χ1) is 25.8. The molecule has 54 heavy (non-hydrogen) atoms. The highest BCUT2D eigenvalue weighted by Crippen LogP contribution is 2.32. The highest BCUT2D eigenvalue weighted by atomic mass is 16.2. The van der Waals surface area contributed by atoms with Crippen molar-refractivity contribution in [3.63, 3.8) is 0 Å². The van der Waals surface area contributed by atoms with Crippen LogP contribution in [0.5, 0.6) is 0 Å². The summed E-state index contributed by atoms with van der Waals surface area (Å²) in [6.07, 6.45) is 11.2. The average Bonchev–Trinajstić information content (AvgIpc) is 3.76. The fourth-order valence-electron chi connectivity index (χ4n) is 6.27. The molecule has 0 saturated heterocycles. The van der Waals surface area contributed by atoms with Gasteiger partial charge in [0.15, 0.2) is 5.82 Å². The number of hydrogen-bond acceptors (Lipinski definition) is 10. The van der Waals surface area contributed by atoms with Gasteiger partial charge in [0.2, 0.25) is 11.8 Å². The number of nitrogens with one attached hydrogen (secondary N) is 3. The zero-order valence-corrected chi connectivity index (χ0v) is 33.3. The van der Waals surface area contributed by atoms with Gasteiger partial charge in [-0.3, -0.25) is 19.3 Å². The van der Waals surface area contributed by atoms with E-state index < -0.39 is 6.04 Å². The largest absolute Gasteiger partial charge is 0.357 e. The Morgan fingerprint density at radius 2 is 1.70 bits per heavy atom. The molecule has 0 aliphatic carbocycles. The summed E-state index contributed by atoms with van der Waals surface area (Å²) in [6.45, 7) is 14.1. The van der Waals surface area contributed by atoms with Gasteiger partial charge in [-0.2, -0.15) is 0 Å². The molecule has 3 amide bonds. The number of aryl methyl sites for hydroxylation is 1. The van der Waals surface area contributed by atoms with Gasteiger partial charge in [-0.05, 0) is 57.2 Å². The number of hydrogen-bond donors (Lipinski definition) is 3. The van der Waals surface area contributed by atoms with E-state index in [1.165, 1.54) is 0 Å². The smallest absolute Gasteiger partial charge is 0.260 e. The molecule has 3 aromatic heterocycles. The van der Waals surface area contributed by atoms with E-state index in [1.807, 2.05) is 68.5 Å². The van der Waals surface area contributed by atoms with Gasteiger partial charge in [-0.1, -0.05) is 65.4 Å². The summed E-state index contributed by atoms with van der Waals surface area (Å²) in [5.41, 5.74) is 2.50. The molecule has 4 heterocycles. The van der Waals surface area contributed by atoms with Gasteiger partial charge in [0, 0.05) is 44.7 Å². The van der Waals surface area contributed by atoms with E-state index in [4.69, 9.17) is 9.97 Å². The standard InChI is InChI=1S/C40H60N10O4/c1-8-49-27-43-47-38(49)31-18-17-19-34(44-31)50-25-30-29(39(50)54)22-35(48(7)28(2)3)45-32(30)23-41-24-37(53)42-21-16-14-12-10-9-11-13-15-20-36(52)46-33(26-51)40(4,5)6/h17-19,22,26-28,33,41H,8-16,20-21,23-25H2,1-7H3,(H,42,53)(H,46,52)/t33-/m1/s1. The number of aldehydes is 1. The number of nitrogens with zero attached hydrogens (tertiary/aromatic N) is 7. The van der Waals surface area contributed by atoms with Gasteiger partial charge in [0.05, 0.1) is 30.4 Å². The number of anilines is 2. The third-order valence-electron chi connectivity index (χ3n) is 9.94. The van der Waals surface area contributed by atoms with Crippen molar-refractivity contribution < 1.29 is 19.2 Å². The number of carbonyl (C=O) groups excluding carboxylic acids is 4. The highest BCUT2D eigenvalue weighted by molar-refractivity contribution is 6.10. The molecule has 1 aliphatic heterocycles. The third-order valence-corrected chi connectivity index (χ3v) is 9.94. The summed E-state index contributed by atoms with van der Waals surface area (Å²) in [6, 6.07) is 7.12. The second-order valence-electron chi connectivity index (χ2n) is 15.5. The first kappa shape index (κ1) is 42.0. The summed E-state index contributed by atoms with van der Waals surface area (Å²) in [4.78, 5) is 63.4. The lowest BCUT2D eigenvalue weighted by Crippen LogP contribution is -2.44. The van der Waals surface area contributed by atoms with Crippen LogP contribution in [0.25, 0.3) is 11.5 Å². The molecule has 0 fully saturated rings. The van der Waals surface area contributed by atoms with Crippen LogP contribution in [-0.4, -0.2) is 81.0 Å². The van der Waals surface area contributed by atoms with Crippen LogP contribution < -0.4 is 25.8 Å². The molecule has 3 aromatic rings. The summed E-state index contributed by atoms with van der Waals surface area (Å²) < 4.78 is 1.91. The molecule has 0 saturated carbocycles. The van der Waals surface area contributed by atoms with Gasteiger partial charge in [-0.15, -0.1) is 10.2 Å². The van der Waals surface area contributed by atoms with Crippen molar-refractivity contribution in [3.8, 4) is 11.5 Å². The van der Waals surface area contributed by atoms with Crippen LogP contribution >= 0.6 is 0 Å². The average molecular weight is 745 g/mol. The zero-order chi connectivity index (χ0) is 39.3. The molecule has 14 nitrogen and oxygen atoms in total. The molecule has 14 heteroatoms. The lowest BCUT2D eigenvalue weighted by atomic mass is 9.87. The van der Waals surface area contributed by atoms with Crippen molar-refractivity contribution in [2.24, 2.45) is 5.41 Å². The Bertz CT molecular complexity index is 1720. The quantitative estimate of drug-likeness (QED) is 0.0919. The number of fused-ring (bicyclic) bond motifs is 1. The number of unbranched alkanes of at least 4 members (excludes halogenated alkanes) is 7. The van der Waals surface area contributed by atoms with E-state index in [2.05, 4.69) is 40.0 Å². The SMILES string of the molecule is CCn1cnnc1-c1cccc(N2Cc3c(cc(N(C)C(C)C)nc3CNCC(=O)NCCCCCCCCCCC(=O)N[C@H](C=O)C(C)(C)C)C2=O)n1. The first-order valence-corrected chi connectivity index (χ1v) is 19.5. The van der Waals surface area contributed by atoms with Gasteiger partial charge in [0.1, 0.15) is 29.9 Å². The third kappa shape index (κ3) is 11.6. The van der Waals surface area contributed by atoms with Crippen LogP contribution in [0.1, 0.15) is 121 Å². The Kier molecular flexibility index (Phi) is 15.6. The van der Waals surface area contributed by atoms with Crippen LogP contribution in [0.4, 0.5) is 11.6 Å². The predicted molar refractivity (Wildman–Crippen MR) is 211 cm³/mol. The summed E-state index contributed by atoms with van der Waals surface area (Å²) in [5.74, 6) is 1.59. The molecule has 0 bridgehead atoms.